The van der Waals surface area contributed by atoms with Crippen LogP contribution in [-0.2, 0) is 11.3 Å². The molecular formula is C12H19N3O2S. The van der Waals surface area contributed by atoms with Crippen LogP contribution in [0.3, 0.4) is 0 Å². The van der Waals surface area contributed by atoms with Crippen LogP contribution in [-0.4, -0.2) is 36.3 Å². The van der Waals surface area contributed by atoms with E-state index in [0.717, 1.165) is 43.4 Å². The molecule has 0 aliphatic rings. The molecule has 0 unspecified atom stereocenters. The lowest BCUT2D eigenvalue weighted by molar-refractivity contribution is 0.144. The Hall–Kier alpha value is -1.11. The van der Waals surface area contributed by atoms with Crippen molar-refractivity contribution in [2.75, 3.05) is 26.9 Å². The average Bonchev–Trinajstić information content (AvgIpc) is 2.94. The van der Waals surface area contributed by atoms with Crippen LogP contribution in [0.1, 0.15) is 19.0 Å². The van der Waals surface area contributed by atoms with Crippen LogP contribution >= 0.6 is 11.3 Å². The van der Waals surface area contributed by atoms with Gasteiger partial charge in [0.2, 0.25) is 5.88 Å². The summed E-state index contributed by atoms with van der Waals surface area (Å²) in [5.74, 6) is 0.708. The fraction of sp³-hybridized carbons (Fsp3) is 0.583. The van der Waals surface area contributed by atoms with Gasteiger partial charge in [-0.1, -0.05) is 0 Å². The lowest BCUT2D eigenvalue weighted by atomic mass is 10.4. The van der Waals surface area contributed by atoms with Gasteiger partial charge in [-0.3, -0.25) is 4.40 Å². The van der Waals surface area contributed by atoms with E-state index >= 15 is 0 Å². The number of hydrogen-bond donors (Lipinski definition) is 1. The molecule has 0 atom stereocenters. The first-order valence-electron chi connectivity index (χ1n) is 6.13. The Kier molecular flexibility index (Phi) is 4.98. The molecule has 0 aliphatic heterocycles. The molecule has 5 nitrogen and oxygen atoms in total. The van der Waals surface area contributed by atoms with Crippen LogP contribution in [0.2, 0.25) is 0 Å². The number of methoxy groups -OCH3 is 1. The van der Waals surface area contributed by atoms with Gasteiger partial charge in [0.1, 0.15) is 5.69 Å². The second kappa shape index (κ2) is 6.72. The summed E-state index contributed by atoms with van der Waals surface area (Å²) in [4.78, 5) is 5.38. The zero-order chi connectivity index (χ0) is 12.8. The summed E-state index contributed by atoms with van der Waals surface area (Å²) in [7, 11) is 1.66. The number of imidazole rings is 1. The summed E-state index contributed by atoms with van der Waals surface area (Å²) >= 11 is 1.61. The fourth-order valence-corrected chi connectivity index (χ4v) is 2.51. The highest BCUT2D eigenvalue weighted by atomic mass is 32.1. The maximum atomic E-state index is 5.29. The summed E-state index contributed by atoms with van der Waals surface area (Å²) in [5.41, 5.74) is 1.07. The van der Waals surface area contributed by atoms with Crippen molar-refractivity contribution in [2.24, 2.45) is 0 Å². The Morgan fingerprint density at radius 1 is 1.50 bits per heavy atom. The van der Waals surface area contributed by atoms with E-state index in [1.807, 2.05) is 18.5 Å². The third-order valence-electron chi connectivity index (χ3n) is 2.66. The van der Waals surface area contributed by atoms with E-state index in [1.54, 1.807) is 18.4 Å². The summed E-state index contributed by atoms with van der Waals surface area (Å²) < 4.78 is 12.7. The highest BCUT2D eigenvalue weighted by Crippen LogP contribution is 2.22. The lowest BCUT2D eigenvalue weighted by Crippen LogP contribution is -2.17. The second-order valence-corrected chi connectivity index (χ2v) is 4.72. The number of ether oxygens (including phenoxy) is 2. The SMILES string of the molecule is CCOCCCNCc1c(OC)nc2sccn12. The quantitative estimate of drug-likeness (QED) is 0.744. The molecule has 0 amide bonds. The molecule has 0 saturated carbocycles. The molecule has 1 N–H and O–H groups in total. The minimum absolute atomic E-state index is 0.708. The van der Waals surface area contributed by atoms with Crippen molar-refractivity contribution in [2.45, 2.75) is 19.9 Å². The maximum Gasteiger partial charge on any atom is 0.237 e. The van der Waals surface area contributed by atoms with E-state index in [0.29, 0.717) is 5.88 Å². The Bertz CT molecular complexity index is 481. The van der Waals surface area contributed by atoms with Crippen molar-refractivity contribution < 1.29 is 9.47 Å². The summed E-state index contributed by atoms with van der Waals surface area (Å²) in [6.07, 6.45) is 3.04. The molecule has 2 rings (SSSR count). The molecule has 0 saturated heterocycles. The van der Waals surface area contributed by atoms with Gasteiger partial charge in [0.25, 0.3) is 0 Å². The highest BCUT2D eigenvalue weighted by Gasteiger charge is 2.12. The van der Waals surface area contributed by atoms with Crippen LogP contribution in [0, 0.1) is 0 Å². The Labute approximate surface area is 111 Å². The first-order chi connectivity index (χ1) is 8.86. The summed E-state index contributed by atoms with van der Waals surface area (Å²) in [5, 5.41) is 5.42. The zero-order valence-electron chi connectivity index (χ0n) is 10.8. The summed E-state index contributed by atoms with van der Waals surface area (Å²) in [6.45, 7) is 5.29. The van der Waals surface area contributed by atoms with E-state index in [2.05, 4.69) is 14.7 Å². The molecule has 18 heavy (non-hydrogen) atoms. The van der Waals surface area contributed by atoms with Crippen molar-refractivity contribution >= 4 is 16.3 Å². The van der Waals surface area contributed by atoms with Gasteiger partial charge < -0.3 is 14.8 Å². The highest BCUT2D eigenvalue weighted by molar-refractivity contribution is 7.15. The topological polar surface area (TPSA) is 47.8 Å². The normalized spacial score (nSPS) is 11.2. The molecule has 0 fully saturated rings. The number of fused-ring (bicyclic) bond motifs is 1. The van der Waals surface area contributed by atoms with Crippen molar-refractivity contribution in [1.82, 2.24) is 14.7 Å². The van der Waals surface area contributed by atoms with Crippen LogP contribution in [0.25, 0.3) is 4.96 Å². The van der Waals surface area contributed by atoms with Gasteiger partial charge in [0, 0.05) is 31.3 Å². The monoisotopic (exact) mass is 269 g/mol. The smallest absolute Gasteiger partial charge is 0.237 e. The summed E-state index contributed by atoms with van der Waals surface area (Å²) in [6, 6.07) is 0. The molecule has 2 aromatic heterocycles. The van der Waals surface area contributed by atoms with Gasteiger partial charge in [-0.25, -0.2) is 0 Å². The number of aromatic nitrogens is 2. The van der Waals surface area contributed by atoms with Gasteiger partial charge in [0.05, 0.1) is 7.11 Å². The van der Waals surface area contributed by atoms with E-state index in [-0.39, 0.29) is 0 Å². The Balaban J connectivity index is 1.88. The molecule has 0 radical (unpaired) electrons. The van der Waals surface area contributed by atoms with Crippen molar-refractivity contribution in [1.29, 1.82) is 0 Å². The van der Waals surface area contributed by atoms with Crippen molar-refractivity contribution in [3.63, 3.8) is 0 Å². The van der Waals surface area contributed by atoms with Crippen LogP contribution < -0.4 is 10.1 Å². The molecule has 0 aliphatic carbocycles. The third kappa shape index (κ3) is 3.01. The minimum Gasteiger partial charge on any atom is -0.480 e. The first kappa shape index (κ1) is 13.3. The number of rotatable bonds is 8. The molecule has 0 spiro atoms. The van der Waals surface area contributed by atoms with Crippen LogP contribution in [0.5, 0.6) is 5.88 Å². The Morgan fingerprint density at radius 3 is 3.17 bits per heavy atom. The zero-order valence-corrected chi connectivity index (χ0v) is 11.6. The molecule has 0 aromatic carbocycles. The number of nitrogens with zero attached hydrogens (tertiary/aromatic N) is 2. The molecule has 6 heteroatoms. The maximum absolute atomic E-state index is 5.29. The first-order valence-corrected chi connectivity index (χ1v) is 7.01. The minimum atomic E-state index is 0.708. The molecule has 100 valence electrons. The van der Waals surface area contributed by atoms with Gasteiger partial charge in [0.15, 0.2) is 4.96 Å². The number of hydrogen-bond acceptors (Lipinski definition) is 5. The number of thiazole rings is 1. The van der Waals surface area contributed by atoms with E-state index in [4.69, 9.17) is 9.47 Å². The van der Waals surface area contributed by atoms with Crippen molar-refractivity contribution in [3.8, 4) is 5.88 Å². The molecular weight excluding hydrogens is 250 g/mol. The van der Waals surface area contributed by atoms with Gasteiger partial charge in [-0.15, -0.1) is 11.3 Å². The molecule has 2 heterocycles. The van der Waals surface area contributed by atoms with Gasteiger partial charge in [-0.05, 0) is 19.9 Å². The van der Waals surface area contributed by atoms with E-state index < -0.39 is 0 Å². The van der Waals surface area contributed by atoms with Gasteiger partial charge >= 0.3 is 0 Å². The predicted octanol–water partition coefficient (Wildman–Crippen LogP) is 1.92. The van der Waals surface area contributed by atoms with Gasteiger partial charge in [-0.2, -0.15) is 4.98 Å². The van der Waals surface area contributed by atoms with Crippen LogP contribution in [0.15, 0.2) is 11.6 Å². The van der Waals surface area contributed by atoms with E-state index in [9.17, 15) is 0 Å². The lowest BCUT2D eigenvalue weighted by Gasteiger charge is -2.05. The predicted molar refractivity (Wildman–Crippen MR) is 72.4 cm³/mol. The second-order valence-electron chi connectivity index (χ2n) is 3.85. The Morgan fingerprint density at radius 2 is 2.39 bits per heavy atom. The third-order valence-corrected chi connectivity index (χ3v) is 3.41. The fourth-order valence-electron chi connectivity index (χ4n) is 1.79. The van der Waals surface area contributed by atoms with E-state index in [1.165, 1.54) is 0 Å². The number of nitrogens with one attached hydrogen (secondary N) is 1. The molecule has 0 bridgehead atoms. The largest absolute Gasteiger partial charge is 0.480 e. The van der Waals surface area contributed by atoms with Crippen LogP contribution in [0.4, 0.5) is 0 Å². The van der Waals surface area contributed by atoms with Crippen molar-refractivity contribution in [3.05, 3.63) is 17.3 Å². The molecule has 2 aromatic rings. The standard InChI is InChI=1S/C12H19N3O2S/c1-3-17-7-4-5-13-9-10-11(16-2)14-12-15(10)6-8-18-12/h6,8,13H,3-5,7,9H2,1-2H3. The average molecular weight is 269 g/mol.